The number of carbonyl (C=O) groups is 1. The summed E-state index contributed by atoms with van der Waals surface area (Å²) in [5, 5.41) is 5.53. The number of amides is 1. The van der Waals surface area contributed by atoms with Crippen LogP contribution in [0.3, 0.4) is 0 Å². The zero-order chi connectivity index (χ0) is 19.7. The van der Waals surface area contributed by atoms with Gasteiger partial charge >= 0.3 is 0 Å². The zero-order valence-electron chi connectivity index (χ0n) is 15.5. The Kier molecular flexibility index (Phi) is 4.75. The minimum atomic E-state index is -0.281. The molecule has 2 aromatic carbocycles. The van der Waals surface area contributed by atoms with E-state index in [1.807, 2.05) is 36.4 Å². The molecule has 0 fully saturated rings. The Bertz CT molecular complexity index is 1170. The second-order valence-electron chi connectivity index (χ2n) is 6.60. The van der Waals surface area contributed by atoms with Crippen molar-refractivity contribution in [2.24, 2.45) is 5.10 Å². The topological polar surface area (TPSA) is 62.2 Å². The number of nitrogens with zero attached hydrogens (tertiary/aromatic N) is 2. The zero-order valence-corrected chi connectivity index (χ0v) is 16.3. The molecule has 4 rings (SSSR count). The molecule has 140 valence electrons. The van der Waals surface area contributed by atoms with Crippen LogP contribution in [0.1, 0.15) is 27.4 Å². The highest BCUT2D eigenvalue weighted by atomic mass is 35.5. The third-order valence-corrected chi connectivity index (χ3v) is 5.10. The number of H-pyrrole nitrogens is 1. The number of carbonyl (C=O) groups excluding carboxylic acids is 1. The van der Waals surface area contributed by atoms with E-state index in [1.54, 1.807) is 12.1 Å². The molecule has 0 atom stereocenters. The largest absolute Gasteiger partial charge is 0.352 e. The van der Waals surface area contributed by atoms with Crippen LogP contribution < -0.4 is 5.43 Å². The summed E-state index contributed by atoms with van der Waals surface area (Å²) in [5.41, 5.74) is 7.96. The van der Waals surface area contributed by atoms with Crippen molar-refractivity contribution in [2.75, 3.05) is 0 Å². The van der Waals surface area contributed by atoms with Crippen molar-refractivity contribution in [1.29, 1.82) is 0 Å². The van der Waals surface area contributed by atoms with Crippen LogP contribution in [0.25, 0.3) is 16.6 Å². The number of benzene rings is 2. The van der Waals surface area contributed by atoms with Crippen LogP contribution in [-0.4, -0.2) is 21.7 Å². The van der Waals surface area contributed by atoms with Gasteiger partial charge in [0.15, 0.2) is 0 Å². The third kappa shape index (κ3) is 3.32. The summed E-state index contributed by atoms with van der Waals surface area (Å²) in [5.74, 6) is -0.281. The van der Waals surface area contributed by atoms with Crippen LogP contribution in [-0.2, 0) is 0 Å². The fourth-order valence-corrected chi connectivity index (χ4v) is 3.54. The summed E-state index contributed by atoms with van der Waals surface area (Å²) in [4.78, 5) is 15.5. The lowest BCUT2D eigenvalue weighted by Crippen LogP contribution is -2.17. The first-order chi connectivity index (χ1) is 13.5. The highest BCUT2D eigenvalue weighted by Crippen LogP contribution is 2.25. The number of hydrogen-bond acceptors (Lipinski definition) is 2. The molecule has 1 amide bonds. The van der Waals surface area contributed by atoms with Gasteiger partial charge in [-0.1, -0.05) is 29.8 Å². The monoisotopic (exact) mass is 390 g/mol. The minimum absolute atomic E-state index is 0.281. The van der Waals surface area contributed by atoms with Crippen LogP contribution in [0.4, 0.5) is 0 Å². The highest BCUT2D eigenvalue weighted by Gasteiger charge is 2.09. The molecule has 2 N–H and O–H groups in total. The molecule has 0 aliphatic heterocycles. The first-order valence-corrected chi connectivity index (χ1v) is 9.27. The van der Waals surface area contributed by atoms with E-state index >= 15 is 0 Å². The van der Waals surface area contributed by atoms with Crippen molar-refractivity contribution in [2.45, 2.75) is 13.8 Å². The molecule has 0 radical (unpaired) electrons. The Morgan fingerprint density at radius 2 is 1.71 bits per heavy atom. The van der Waals surface area contributed by atoms with E-state index in [2.05, 4.69) is 46.1 Å². The minimum Gasteiger partial charge on any atom is -0.352 e. The van der Waals surface area contributed by atoms with Gasteiger partial charge in [-0.05, 0) is 56.3 Å². The highest BCUT2D eigenvalue weighted by molar-refractivity contribution is 6.38. The lowest BCUT2D eigenvalue weighted by atomic mass is 10.2. The molecule has 0 aliphatic rings. The fourth-order valence-electron chi connectivity index (χ4n) is 3.28. The number of nitrogens with one attached hydrogen (secondary N) is 2. The van der Waals surface area contributed by atoms with Gasteiger partial charge in [-0.25, -0.2) is 5.43 Å². The van der Waals surface area contributed by atoms with Crippen molar-refractivity contribution in [3.05, 3.63) is 88.3 Å². The molecular weight excluding hydrogens is 372 g/mol. The maximum Gasteiger partial charge on any atom is 0.271 e. The predicted octanol–water partition coefficient (Wildman–Crippen LogP) is 4.99. The standard InChI is InChI=1S/C22H19ClN4O/c1-14-7-8-15(2)27(14)17-11-9-16(10-12-17)22(28)26-24-13-20-21(23)18-5-3-4-6-19(18)25-20/h3-13,25H,1-2H3,(H,26,28). The van der Waals surface area contributed by atoms with Gasteiger partial charge in [0.2, 0.25) is 0 Å². The van der Waals surface area contributed by atoms with E-state index < -0.39 is 0 Å². The lowest BCUT2D eigenvalue weighted by Gasteiger charge is -2.10. The first-order valence-electron chi connectivity index (χ1n) is 8.89. The summed E-state index contributed by atoms with van der Waals surface area (Å²) >= 11 is 6.34. The van der Waals surface area contributed by atoms with E-state index in [0.29, 0.717) is 16.3 Å². The molecule has 0 saturated heterocycles. The molecular formula is C22H19ClN4O. The Labute approximate surface area is 167 Å². The number of para-hydroxylation sites is 1. The van der Waals surface area contributed by atoms with E-state index in [0.717, 1.165) is 28.0 Å². The third-order valence-electron chi connectivity index (χ3n) is 4.69. The van der Waals surface area contributed by atoms with E-state index in [4.69, 9.17) is 11.6 Å². The summed E-state index contributed by atoms with van der Waals surface area (Å²) in [6, 6.07) is 19.3. The van der Waals surface area contributed by atoms with Crippen molar-refractivity contribution in [1.82, 2.24) is 15.0 Å². The summed E-state index contributed by atoms with van der Waals surface area (Å²) < 4.78 is 2.14. The Balaban J connectivity index is 1.47. The van der Waals surface area contributed by atoms with E-state index in [9.17, 15) is 4.79 Å². The van der Waals surface area contributed by atoms with Gasteiger partial charge in [0, 0.05) is 33.5 Å². The second kappa shape index (κ2) is 7.37. The molecule has 0 spiro atoms. The molecule has 2 aromatic heterocycles. The van der Waals surface area contributed by atoms with Crippen LogP contribution in [0, 0.1) is 13.8 Å². The average molecular weight is 391 g/mol. The number of fused-ring (bicyclic) bond motifs is 1. The number of aromatic nitrogens is 2. The van der Waals surface area contributed by atoms with Gasteiger partial charge in [0.1, 0.15) is 0 Å². The Morgan fingerprint density at radius 1 is 1.04 bits per heavy atom. The van der Waals surface area contributed by atoms with Crippen LogP contribution in [0.2, 0.25) is 5.02 Å². The molecule has 5 nitrogen and oxygen atoms in total. The number of aryl methyl sites for hydroxylation is 2. The number of rotatable bonds is 4. The molecule has 28 heavy (non-hydrogen) atoms. The second-order valence-corrected chi connectivity index (χ2v) is 6.97. The summed E-state index contributed by atoms with van der Waals surface area (Å²) in [7, 11) is 0. The maximum absolute atomic E-state index is 12.3. The lowest BCUT2D eigenvalue weighted by molar-refractivity contribution is 0.0955. The SMILES string of the molecule is Cc1ccc(C)n1-c1ccc(C(=O)NN=Cc2[nH]c3ccccc3c2Cl)cc1. The predicted molar refractivity (Wildman–Crippen MR) is 114 cm³/mol. The molecule has 2 heterocycles. The normalized spacial score (nSPS) is 11.4. The van der Waals surface area contributed by atoms with Crippen LogP contribution in [0.5, 0.6) is 0 Å². The van der Waals surface area contributed by atoms with Gasteiger partial charge in [-0.15, -0.1) is 0 Å². The van der Waals surface area contributed by atoms with Gasteiger partial charge < -0.3 is 9.55 Å². The summed E-state index contributed by atoms with van der Waals surface area (Å²) in [6.07, 6.45) is 1.52. The molecule has 0 saturated carbocycles. The smallest absolute Gasteiger partial charge is 0.271 e. The van der Waals surface area contributed by atoms with Gasteiger partial charge in [-0.2, -0.15) is 5.10 Å². The molecule has 0 unspecified atom stereocenters. The number of hydrazone groups is 1. The van der Waals surface area contributed by atoms with Crippen molar-refractivity contribution in [3.8, 4) is 5.69 Å². The van der Waals surface area contributed by atoms with E-state index in [1.165, 1.54) is 6.21 Å². The first kappa shape index (κ1) is 18.1. The number of aromatic amines is 1. The Morgan fingerprint density at radius 3 is 2.39 bits per heavy atom. The number of hydrogen-bond donors (Lipinski definition) is 2. The fraction of sp³-hybridized carbons (Fsp3) is 0.0909. The Hall–Kier alpha value is -3.31. The average Bonchev–Trinajstić information content (AvgIpc) is 3.21. The van der Waals surface area contributed by atoms with E-state index in [-0.39, 0.29) is 5.91 Å². The van der Waals surface area contributed by atoms with Crippen LogP contribution in [0.15, 0.2) is 65.8 Å². The van der Waals surface area contributed by atoms with Gasteiger partial charge in [-0.3, -0.25) is 4.79 Å². The molecule has 0 aliphatic carbocycles. The van der Waals surface area contributed by atoms with Crippen molar-refractivity contribution >= 4 is 34.6 Å². The van der Waals surface area contributed by atoms with Gasteiger partial charge in [0.25, 0.3) is 5.91 Å². The molecule has 6 heteroatoms. The quantitative estimate of drug-likeness (QED) is 0.374. The molecule has 4 aromatic rings. The van der Waals surface area contributed by atoms with Crippen molar-refractivity contribution in [3.63, 3.8) is 0 Å². The molecule has 0 bridgehead atoms. The number of halogens is 1. The van der Waals surface area contributed by atoms with Crippen molar-refractivity contribution < 1.29 is 4.79 Å². The maximum atomic E-state index is 12.3. The van der Waals surface area contributed by atoms with Gasteiger partial charge in [0.05, 0.1) is 16.9 Å². The summed E-state index contributed by atoms with van der Waals surface area (Å²) in [6.45, 7) is 4.11. The van der Waals surface area contributed by atoms with Crippen LogP contribution >= 0.6 is 11.6 Å².